The molecule has 0 amide bonds. The highest BCUT2D eigenvalue weighted by molar-refractivity contribution is 7.89. The third-order valence-electron chi connectivity index (χ3n) is 4.45. The summed E-state index contributed by atoms with van der Waals surface area (Å²) in [4.78, 5) is 2.01. The quantitative estimate of drug-likeness (QED) is 0.522. The molecule has 28 heavy (non-hydrogen) atoms. The predicted octanol–water partition coefficient (Wildman–Crippen LogP) is 2.39. The Morgan fingerprint density at radius 2 is 1.57 bits per heavy atom. The van der Waals surface area contributed by atoms with Crippen molar-refractivity contribution in [1.82, 2.24) is 12.8 Å². The minimum absolute atomic E-state index is 0.385. The molecule has 7 nitrogen and oxygen atoms in total. The molecule has 0 saturated heterocycles. The first kappa shape index (κ1) is 20.4. The molecule has 2 heterocycles. The van der Waals surface area contributed by atoms with Crippen LogP contribution < -0.4 is 0 Å². The van der Waals surface area contributed by atoms with E-state index in [-0.39, 0.29) is 0 Å². The van der Waals surface area contributed by atoms with Crippen LogP contribution in [0.5, 0.6) is 0 Å². The standard InChI is InChI=1S/C19H23N3O4S2/c1-5-8-20(9-6-2)14-17-12-16-11-15-7-10-21(27(3,23)24)18(15)13-19(16)22(17)28(4,25)26/h5-7,10-13H,1-2,8-9,14H2,3-4H3. The summed E-state index contributed by atoms with van der Waals surface area (Å²) in [6.07, 6.45) is 7.22. The van der Waals surface area contributed by atoms with Gasteiger partial charge in [0.05, 0.1) is 23.5 Å². The first-order chi connectivity index (χ1) is 13.1. The molecule has 1 aromatic carbocycles. The van der Waals surface area contributed by atoms with Gasteiger partial charge in [-0.25, -0.2) is 24.8 Å². The number of hydrogen-bond acceptors (Lipinski definition) is 5. The Kier molecular flexibility index (Phi) is 5.26. The highest BCUT2D eigenvalue weighted by Gasteiger charge is 2.20. The van der Waals surface area contributed by atoms with Gasteiger partial charge in [0.1, 0.15) is 0 Å². The number of aromatic nitrogens is 2. The third-order valence-corrected chi connectivity index (χ3v) is 6.58. The minimum atomic E-state index is -3.61. The van der Waals surface area contributed by atoms with Crippen LogP contribution in [0.1, 0.15) is 5.69 Å². The van der Waals surface area contributed by atoms with Gasteiger partial charge < -0.3 is 0 Å². The van der Waals surface area contributed by atoms with E-state index in [0.29, 0.717) is 36.4 Å². The van der Waals surface area contributed by atoms with E-state index in [1.54, 1.807) is 24.3 Å². The zero-order chi connectivity index (χ0) is 20.7. The van der Waals surface area contributed by atoms with Gasteiger partial charge in [-0.3, -0.25) is 4.90 Å². The number of rotatable bonds is 8. The van der Waals surface area contributed by atoms with Crippen LogP contribution in [0.15, 0.2) is 55.8 Å². The van der Waals surface area contributed by atoms with Crippen LogP contribution in [0.2, 0.25) is 0 Å². The number of benzene rings is 1. The second-order valence-corrected chi connectivity index (χ2v) is 10.5. The molecular formula is C19H23N3O4S2. The highest BCUT2D eigenvalue weighted by atomic mass is 32.2. The summed E-state index contributed by atoms with van der Waals surface area (Å²) in [6, 6.07) is 6.95. The average Bonchev–Trinajstić information content (AvgIpc) is 3.12. The monoisotopic (exact) mass is 421 g/mol. The maximum atomic E-state index is 12.6. The third kappa shape index (κ3) is 3.78. The van der Waals surface area contributed by atoms with Crippen molar-refractivity contribution in [3.63, 3.8) is 0 Å². The van der Waals surface area contributed by atoms with E-state index < -0.39 is 20.0 Å². The fourth-order valence-corrected chi connectivity index (χ4v) is 5.29. The fraction of sp³-hybridized carbons (Fsp3) is 0.263. The van der Waals surface area contributed by atoms with E-state index in [4.69, 9.17) is 0 Å². The molecule has 0 radical (unpaired) electrons. The smallest absolute Gasteiger partial charge is 0.236 e. The van der Waals surface area contributed by atoms with Gasteiger partial charge in [-0.05, 0) is 24.3 Å². The normalized spacial score (nSPS) is 12.8. The Hall–Kier alpha value is -2.36. The van der Waals surface area contributed by atoms with Crippen LogP contribution >= 0.6 is 0 Å². The van der Waals surface area contributed by atoms with Gasteiger partial charge >= 0.3 is 0 Å². The van der Waals surface area contributed by atoms with Crippen molar-refractivity contribution >= 4 is 41.9 Å². The Balaban J connectivity index is 2.28. The predicted molar refractivity (Wildman–Crippen MR) is 114 cm³/mol. The molecule has 0 spiro atoms. The molecular weight excluding hydrogens is 398 g/mol. The second-order valence-electron chi connectivity index (χ2n) is 6.78. The molecule has 0 atom stereocenters. The Morgan fingerprint density at radius 1 is 0.929 bits per heavy atom. The molecule has 9 heteroatoms. The van der Waals surface area contributed by atoms with Crippen molar-refractivity contribution in [2.45, 2.75) is 6.54 Å². The molecule has 0 bridgehead atoms. The van der Waals surface area contributed by atoms with E-state index in [9.17, 15) is 16.8 Å². The summed E-state index contributed by atoms with van der Waals surface area (Å²) in [5.74, 6) is 0. The van der Waals surface area contributed by atoms with Gasteiger partial charge in [0.2, 0.25) is 20.0 Å². The fourth-order valence-electron chi connectivity index (χ4n) is 3.44. The summed E-state index contributed by atoms with van der Waals surface area (Å²) in [5.41, 5.74) is 1.49. The molecule has 0 N–H and O–H groups in total. The topological polar surface area (TPSA) is 81.4 Å². The van der Waals surface area contributed by atoms with E-state index in [1.165, 1.54) is 10.2 Å². The van der Waals surface area contributed by atoms with Crippen molar-refractivity contribution in [3.05, 3.63) is 61.5 Å². The average molecular weight is 422 g/mol. The van der Waals surface area contributed by atoms with Gasteiger partial charge in [-0.2, -0.15) is 0 Å². The van der Waals surface area contributed by atoms with E-state index >= 15 is 0 Å². The molecule has 0 unspecified atom stereocenters. The van der Waals surface area contributed by atoms with Crippen LogP contribution in [0.3, 0.4) is 0 Å². The highest BCUT2D eigenvalue weighted by Crippen LogP contribution is 2.29. The lowest BCUT2D eigenvalue weighted by molar-refractivity contribution is 0.323. The second kappa shape index (κ2) is 7.23. The van der Waals surface area contributed by atoms with Crippen molar-refractivity contribution < 1.29 is 16.8 Å². The molecule has 0 fully saturated rings. The van der Waals surface area contributed by atoms with Crippen LogP contribution in [-0.4, -0.2) is 55.3 Å². The number of hydrogen-bond donors (Lipinski definition) is 0. The van der Waals surface area contributed by atoms with Crippen molar-refractivity contribution in [2.75, 3.05) is 25.6 Å². The molecule has 2 aromatic heterocycles. The van der Waals surface area contributed by atoms with Crippen LogP contribution in [0.4, 0.5) is 0 Å². The molecule has 0 aliphatic carbocycles. The first-order valence-electron chi connectivity index (χ1n) is 8.57. The Morgan fingerprint density at radius 3 is 2.11 bits per heavy atom. The maximum Gasteiger partial charge on any atom is 0.236 e. The van der Waals surface area contributed by atoms with Crippen molar-refractivity contribution in [1.29, 1.82) is 0 Å². The molecule has 0 aliphatic rings. The number of fused-ring (bicyclic) bond motifs is 2. The van der Waals surface area contributed by atoms with Gasteiger partial charge in [0, 0.05) is 42.3 Å². The molecule has 0 saturated carbocycles. The van der Waals surface area contributed by atoms with Crippen LogP contribution in [0.25, 0.3) is 21.8 Å². The molecule has 3 aromatic rings. The van der Waals surface area contributed by atoms with E-state index in [2.05, 4.69) is 13.2 Å². The van der Waals surface area contributed by atoms with E-state index in [1.807, 2.05) is 17.0 Å². The minimum Gasteiger partial charge on any atom is -0.290 e. The van der Waals surface area contributed by atoms with Gasteiger partial charge in [-0.15, -0.1) is 13.2 Å². The lowest BCUT2D eigenvalue weighted by atomic mass is 10.2. The van der Waals surface area contributed by atoms with Crippen LogP contribution in [-0.2, 0) is 26.6 Å². The Labute approximate surface area is 165 Å². The van der Waals surface area contributed by atoms with Gasteiger partial charge in [0.15, 0.2) is 0 Å². The first-order valence-corrected chi connectivity index (χ1v) is 12.3. The summed E-state index contributed by atoms with van der Waals surface area (Å²) in [6.45, 7) is 9.03. The summed E-state index contributed by atoms with van der Waals surface area (Å²) in [7, 11) is -7.12. The Bertz CT molecular complexity index is 1270. The zero-order valence-electron chi connectivity index (χ0n) is 15.9. The van der Waals surface area contributed by atoms with Crippen molar-refractivity contribution in [2.24, 2.45) is 0 Å². The van der Waals surface area contributed by atoms with Crippen LogP contribution in [0, 0.1) is 0 Å². The maximum absolute atomic E-state index is 12.6. The summed E-state index contributed by atoms with van der Waals surface area (Å²) < 4.78 is 51.6. The summed E-state index contributed by atoms with van der Waals surface area (Å²) in [5, 5.41) is 1.46. The van der Waals surface area contributed by atoms with E-state index in [0.717, 1.165) is 27.3 Å². The molecule has 0 aliphatic heterocycles. The lowest BCUT2D eigenvalue weighted by Gasteiger charge is -2.19. The van der Waals surface area contributed by atoms with Gasteiger partial charge in [-0.1, -0.05) is 12.2 Å². The summed E-state index contributed by atoms with van der Waals surface area (Å²) >= 11 is 0. The number of nitrogens with zero attached hydrogens (tertiary/aromatic N) is 3. The SMILES string of the molecule is C=CCN(CC=C)Cc1cc2cc3ccn(S(C)(=O)=O)c3cc2n1S(C)(=O)=O. The zero-order valence-corrected chi connectivity index (χ0v) is 17.5. The largest absolute Gasteiger partial charge is 0.290 e. The lowest BCUT2D eigenvalue weighted by Crippen LogP contribution is -2.26. The van der Waals surface area contributed by atoms with Crippen molar-refractivity contribution in [3.8, 4) is 0 Å². The molecule has 3 rings (SSSR count). The van der Waals surface area contributed by atoms with Gasteiger partial charge in [0.25, 0.3) is 0 Å². The molecule has 150 valence electrons.